The number of carbonyl (C=O) groups is 1. The molecule has 3 aromatic rings. The van der Waals surface area contributed by atoms with E-state index in [0.717, 1.165) is 42.2 Å². The lowest BCUT2D eigenvalue weighted by Crippen LogP contribution is -2.39. The highest BCUT2D eigenvalue weighted by atomic mass is 35.5. The summed E-state index contributed by atoms with van der Waals surface area (Å²) < 4.78 is 0. The largest absolute Gasteiger partial charge is 0.353 e. The van der Waals surface area contributed by atoms with E-state index < -0.39 is 0 Å². The molecule has 2 aliphatic rings. The van der Waals surface area contributed by atoms with E-state index in [1.54, 1.807) is 11.3 Å². The van der Waals surface area contributed by atoms with Gasteiger partial charge >= 0.3 is 0 Å². The number of benzene rings is 2. The Morgan fingerprint density at radius 2 is 1.86 bits per heavy atom. The average molecular weight is 410 g/mol. The molecule has 2 N–H and O–H groups in total. The van der Waals surface area contributed by atoms with Gasteiger partial charge in [-0.1, -0.05) is 60.1 Å². The zero-order chi connectivity index (χ0) is 19.1. The van der Waals surface area contributed by atoms with Crippen molar-refractivity contribution < 1.29 is 4.79 Å². The van der Waals surface area contributed by atoms with Gasteiger partial charge in [0.2, 0.25) is 0 Å². The standard InChI is InChI=1S/C22H20ClN3OS/c23-17-9-5-4-8-15(17)20-24-21(27)19-16-10-11-26(12-14-6-2-1-3-7-14)13-18(16)28-22(19)25-20/h1-9,20,25H,10-13H2,(H,24,27)/t20-/m0/s1. The van der Waals surface area contributed by atoms with E-state index in [0.29, 0.717) is 5.02 Å². The molecule has 0 unspecified atom stereocenters. The molecule has 0 spiro atoms. The van der Waals surface area contributed by atoms with Crippen LogP contribution in [-0.2, 0) is 19.5 Å². The average Bonchev–Trinajstić information content (AvgIpc) is 3.07. The molecule has 142 valence electrons. The summed E-state index contributed by atoms with van der Waals surface area (Å²) >= 11 is 8.04. The Kier molecular flexibility index (Phi) is 4.59. The van der Waals surface area contributed by atoms with E-state index in [2.05, 4.69) is 39.8 Å². The zero-order valence-corrected chi connectivity index (χ0v) is 16.8. The van der Waals surface area contributed by atoms with Crippen LogP contribution in [-0.4, -0.2) is 17.4 Å². The lowest BCUT2D eigenvalue weighted by molar-refractivity contribution is 0.0934. The monoisotopic (exact) mass is 409 g/mol. The second kappa shape index (κ2) is 7.24. The molecule has 0 fully saturated rings. The van der Waals surface area contributed by atoms with Gasteiger partial charge in [0.25, 0.3) is 5.91 Å². The van der Waals surface area contributed by atoms with E-state index in [-0.39, 0.29) is 12.1 Å². The minimum Gasteiger partial charge on any atom is -0.353 e. The SMILES string of the molecule is O=C1N[C@H](c2ccccc2Cl)Nc2sc3c(c21)CCN(Cc1ccccc1)C3. The molecule has 1 aromatic heterocycles. The molecule has 0 bridgehead atoms. The first-order chi connectivity index (χ1) is 13.7. The molecule has 4 nitrogen and oxygen atoms in total. The molecule has 0 aliphatic carbocycles. The van der Waals surface area contributed by atoms with Crippen LogP contribution in [0.5, 0.6) is 0 Å². The van der Waals surface area contributed by atoms with Crippen molar-refractivity contribution in [2.75, 3.05) is 11.9 Å². The number of rotatable bonds is 3. The van der Waals surface area contributed by atoms with Crippen molar-refractivity contribution in [3.8, 4) is 0 Å². The molecule has 28 heavy (non-hydrogen) atoms. The lowest BCUT2D eigenvalue weighted by Gasteiger charge is -2.29. The van der Waals surface area contributed by atoms with E-state index in [4.69, 9.17) is 11.6 Å². The number of nitrogens with one attached hydrogen (secondary N) is 2. The highest BCUT2D eigenvalue weighted by Crippen LogP contribution is 2.41. The molecular weight excluding hydrogens is 390 g/mol. The van der Waals surface area contributed by atoms with Gasteiger partial charge in [0, 0.05) is 35.1 Å². The number of thiophene rings is 1. The fourth-order valence-corrected chi connectivity index (χ4v) is 5.57. The first-order valence-corrected chi connectivity index (χ1v) is 10.6. The van der Waals surface area contributed by atoms with Crippen LogP contribution in [0.3, 0.4) is 0 Å². The molecule has 0 saturated heterocycles. The molecule has 0 radical (unpaired) electrons. The van der Waals surface area contributed by atoms with Gasteiger partial charge in [0.1, 0.15) is 11.2 Å². The molecule has 3 heterocycles. The molecule has 2 aromatic carbocycles. The predicted molar refractivity (Wildman–Crippen MR) is 114 cm³/mol. The summed E-state index contributed by atoms with van der Waals surface area (Å²) in [4.78, 5) is 16.6. The highest BCUT2D eigenvalue weighted by Gasteiger charge is 2.33. The van der Waals surface area contributed by atoms with Crippen LogP contribution in [0.15, 0.2) is 54.6 Å². The van der Waals surface area contributed by atoms with Crippen molar-refractivity contribution in [3.63, 3.8) is 0 Å². The molecule has 0 saturated carbocycles. The van der Waals surface area contributed by atoms with Gasteiger partial charge < -0.3 is 10.6 Å². The third kappa shape index (κ3) is 3.20. The number of amides is 1. The van der Waals surface area contributed by atoms with Crippen molar-refractivity contribution >= 4 is 33.8 Å². The number of nitrogens with zero attached hydrogens (tertiary/aromatic N) is 1. The maximum absolute atomic E-state index is 12.9. The van der Waals surface area contributed by atoms with Crippen molar-refractivity contribution in [1.82, 2.24) is 10.2 Å². The summed E-state index contributed by atoms with van der Waals surface area (Å²) in [5.74, 6) is -0.00678. The predicted octanol–water partition coefficient (Wildman–Crippen LogP) is 4.81. The van der Waals surface area contributed by atoms with Crippen molar-refractivity contribution in [2.45, 2.75) is 25.7 Å². The molecular formula is C22H20ClN3OS. The van der Waals surface area contributed by atoms with Gasteiger partial charge in [-0.25, -0.2) is 0 Å². The van der Waals surface area contributed by atoms with Crippen LogP contribution in [0.1, 0.15) is 38.1 Å². The number of halogens is 1. The van der Waals surface area contributed by atoms with Crippen molar-refractivity contribution in [1.29, 1.82) is 0 Å². The Bertz CT molecular complexity index is 1030. The van der Waals surface area contributed by atoms with Gasteiger partial charge in [-0.3, -0.25) is 9.69 Å². The molecule has 5 rings (SSSR count). The normalized spacial score (nSPS) is 18.8. The quantitative estimate of drug-likeness (QED) is 0.652. The summed E-state index contributed by atoms with van der Waals surface area (Å²) in [5.41, 5.74) is 4.23. The minimum atomic E-state index is -0.297. The fourth-order valence-electron chi connectivity index (χ4n) is 4.01. The van der Waals surface area contributed by atoms with E-state index in [9.17, 15) is 4.79 Å². The van der Waals surface area contributed by atoms with Crippen LogP contribution in [0.25, 0.3) is 0 Å². The van der Waals surface area contributed by atoms with Crippen molar-refractivity contribution in [2.24, 2.45) is 0 Å². The van der Waals surface area contributed by atoms with E-state index >= 15 is 0 Å². The summed E-state index contributed by atoms with van der Waals surface area (Å²) in [6.45, 7) is 2.78. The maximum Gasteiger partial charge on any atom is 0.256 e. The lowest BCUT2D eigenvalue weighted by atomic mass is 10.00. The Morgan fingerprint density at radius 3 is 2.68 bits per heavy atom. The molecule has 2 aliphatic heterocycles. The molecule has 1 amide bonds. The van der Waals surface area contributed by atoms with Crippen molar-refractivity contribution in [3.05, 3.63) is 86.8 Å². The third-order valence-corrected chi connectivity index (χ3v) is 6.87. The third-order valence-electron chi connectivity index (χ3n) is 5.38. The van der Waals surface area contributed by atoms with Crippen LogP contribution in [0.2, 0.25) is 5.02 Å². The summed E-state index contributed by atoms with van der Waals surface area (Å²) in [7, 11) is 0. The Labute approximate surface area is 173 Å². The molecule has 1 atom stereocenters. The topological polar surface area (TPSA) is 44.4 Å². The van der Waals surface area contributed by atoms with Crippen LogP contribution >= 0.6 is 22.9 Å². The Morgan fingerprint density at radius 1 is 1.07 bits per heavy atom. The van der Waals surface area contributed by atoms with E-state index in [1.165, 1.54) is 16.0 Å². The molecule has 6 heteroatoms. The van der Waals surface area contributed by atoms with Crippen LogP contribution < -0.4 is 10.6 Å². The van der Waals surface area contributed by atoms with Gasteiger partial charge in [-0.2, -0.15) is 0 Å². The number of hydrogen-bond acceptors (Lipinski definition) is 4. The highest BCUT2D eigenvalue weighted by molar-refractivity contribution is 7.16. The first kappa shape index (κ1) is 17.7. The van der Waals surface area contributed by atoms with Gasteiger partial charge in [0.05, 0.1) is 5.56 Å². The second-order valence-electron chi connectivity index (χ2n) is 7.23. The first-order valence-electron chi connectivity index (χ1n) is 9.41. The smallest absolute Gasteiger partial charge is 0.256 e. The van der Waals surface area contributed by atoms with Gasteiger partial charge in [-0.05, 0) is 23.6 Å². The maximum atomic E-state index is 12.9. The minimum absolute atomic E-state index is 0.00678. The zero-order valence-electron chi connectivity index (χ0n) is 15.2. The van der Waals surface area contributed by atoms with Gasteiger partial charge in [-0.15, -0.1) is 11.3 Å². The summed E-state index contributed by atoms with van der Waals surface area (Å²) in [6.07, 6.45) is 0.606. The number of anilines is 1. The Hall–Kier alpha value is -2.34. The Balaban J connectivity index is 1.40. The van der Waals surface area contributed by atoms with Gasteiger partial charge in [0.15, 0.2) is 0 Å². The van der Waals surface area contributed by atoms with Crippen LogP contribution in [0.4, 0.5) is 5.00 Å². The fraction of sp³-hybridized carbons (Fsp3) is 0.227. The number of hydrogen-bond donors (Lipinski definition) is 2. The second-order valence-corrected chi connectivity index (χ2v) is 8.74. The summed E-state index contributed by atoms with van der Waals surface area (Å²) in [6, 6.07) is 18.2. The number of carbonyl (C=O) groups excluding carboxylic acids is 1. The summed E-state index contributed by atoms with van der Waals surface area (Å²) in [5, 5.41) is 8.18. The number of fused-ring (bicyclic) bond motifs is 3. The van der Waals surface area contributed by atoms with E-state index in [1.807, 2.05) is 30.3 Å². The van der Waals surface area contributed by atoms with Crippen LogP contribution in [0, 0.1) is 0 Å².